The largest absolute Gasteiger partial charge is 0.387 e. The summed E-state index contributed by atoms with van der Waals surface area (Å²) in [5.74, 6) is -0.0507. The molecule has 1 unspecified atom stereocenters. The third kappa shape index (κ3) is 2.17. The zero-order valence-electron chi connectivity index (χ0n) is 6.68. The average Bonchev–Trinajstić information content (AvgIpc) is 2.16. The summed E-state index contributed by atoms with van der Waals surface area (Å²) in [4.78, 5) is 9.96. The molecule has 0 fully saturated rings. The third-order valence-electron chi connectivity index (χ3n) is 1.64. The maximum absolute atomic E-state index is 10.5. The van der Waals surface area contributed by atoms with Crippen molar-refractivity contribution >= 4 is 17.3 Å². The van der Waals surface area contributed by atoms with Crippen molar-refractivity contribution in [2.75, 3.05) is 5.88 Å². The lowest BCUT2D eigenvalue weighted by molar-refractivity contribution is -0.386. The molecule has 0 saturated heterocycles. The van der Waals surface area contributed by atoms with Crippen molar-refractivity contribution in [1.29, 1.82) is 0 Å². The molecule has 0 radical (unpaired) electrons. The highest BCUT2D eigenvalue weighted by molar-refractivity contribution is 6.18. The molecular weight excluding hydrogens is 194 g/mol. The minimum atomic E-state index is -0.983. The van der Waals surface area contributed by atoms with E-state index >= 15 is 0 Å². The number of hydrogen-bond donors (Lipinski definition) is 1. The molecule has 0 spiro atoms. The molecule has 5 heteroatoms. The lowest BCUT2D eigenvalue weighted by Crippen LogP contribution is -2.02. The van der Waals surface area contributed by atoms with Gasteiger partial charge in [0.2, 0.25) is 0 Å². The van der Waals surface area contributed by atoms with Crippen LogP contribution < -0.4 is 0 Å². The Morgan fingerprint density at radius 1 is 1.54 bits per heavy atom. The molecule has 1 rings (SSSR count). The fraction of sp³-hybridized carbons (Fsp3) is 0.250. The third-order valence-corrected chi connectivity index (χ3v) is 1.93. The van der Waals surface area contributed by atoms with Crippen LogP contribution in [0.15, 0.2) is 24.3 Å². The Bertz CT molecular complexity index is 316. The topological polar surface area (TPSA) is 63.4 Å². The smallest absolute Gasteiger partial charge is 0.275 e. The summed E-state index contributed by atoms with van der Waals surface area (Å²) in [5.41, 5.74) is 0.151. The molecule has 0 bridgehead atoms. The lowest BCUT2D eigenvalue weighted by Gasteiger charge is -2.06. The number of hydrogen-bond acceptors (Lipinski definition) is 3. The van der Waals surface area contributed by atoms with E-state index in [1.807, 2.05) is 0 Å². The minimum Gasteiger partial charge on any atom is -0.387 e. The van der Waals surface area contributed by atoms with Crippen LogP contribution in [0.4, 0.5) is 5.69 Å². The van der Waals surface area contributed by atoms with E-state index in [0.29, 0.717) is 0 Å². The fourth-order valence-corrected chi connectivity index (χ4v) is 1.18. The van der Waals surface area contributed by atoms with Gasteiger partial charge in [0.15, 0.2) is 0 Å². The van der Waals surface area contributed by atoms with Crippen molar-refractivity contribution in [3.8, 4) is 0 Å². The average molecular weight is 202 g/mol. The highest BCUT2D eigenvalue weighted by Crippen LogP contribution is 2.24. The van der Waals surface area contributed by atoms with Gasteiger partial charge >= 0.3 is 0 Å². The van der Waals surface area contributed by atoms with Crippen molar-refractivity contribution in [3.05, 3.63) is 39.9 Å². The van der Waals surface area contributed by atoms with E-state index < -0.39 is 11.0 Å². The Labute approximate surface area is 79.9 Å². The van der Waals surface area contributed by atoms with E-state index in [4.69, 9.17) is 11.6 Å². The van der Waals surface area contributed by atoms with E-state index in [1.54, 1.807) is 12.1 Å². The van der Waals surface area contributed by atoms with Gasteiger partial charge in [-0.05, 0) is 6.07 Å². The van der Waals surface area contributed by atoms with Gasteiger partial charge in [-0.1, -0.05) is 12.1 Å². The molecule has 1 N–H and O–H groups in total. The number of halogens is 1. The molecule has 0 aliphatic carbocycles. The molecule has 0 aliphatic rings. The van der Waals surface area contributed by atoms with Crippen LogP contribution >= 0.6 is 11.6 Å². The van der Waals surface area contributed by atoms with Crippen LogP contribution in [0.5, 0.6) is 0 Å². The number of aliphatic hydroxyl groups is 1. The van der Waals surface area contributed by atoms with Gasteiger partial charge in [0, 0.05) is 6.07 Å². The molecule has 0 aromatic heterocycles. The number of aliphatic hydroxyl groups excluding tert-OH is 1. The van der Waals surface area contributed by atoms with Crippen LogP contribution in [-0.4, -0.2) is 15.9 Å². The van der Waals surface area contributed by atoms with E-state index in [9.17, 15) is 15.2 Å². The normalized spacial score (nSPS) is 12.5. The van der Waals surface area contributed by atoms with Gasteiger partial charge in [0.05, 0.1) is 22.5 Å². The fourth-order valence-electron chi connectivity index (χ4n) is 1.02. The first-order chi connectivity index (χ1) is 6.16. The van der Waals surface area contributed by atoms with Crippen molar-refractivity contribution in [1.82, 2.24) is 0 Å². The standard InChI is InChI=1S/C8H8ClNO3/c9-5-8(11)6-3-1-2-4-7(6)10(12)13/h1-4,8,11H,5H2. The predicted molar refractivity (Wildman–Crippen MR) is 48.8 cm³/mol. The Morgan fingerprint density at radius 2 is 2.15 bits per heavy atom. The molecule has 0 amide bonds. The van der Waals surface area contributed by atoms with Gasteiger partial charge in [-0.3, -0.25) is 10.1 Å². The maximum atomic E-state index is 10.5. The number of nitrogens with zero attached hydrogens (tertiary/aromatic N) is 1. The first kappa shape index (κ1) is 9.95. The summed E-state index contributed by atoms with van der Waals surface area (Å²) < 4.78 is 0. The molecule has 0 saturated carbocycles. The molecule has 70 valence electrons. The zero-order chi connectivity index (χ0) is 9.84. The van der Waals surface area contributed by atoms with E-state index in [0.717, 1.165) is 0 Å². The maximum Gasteiger partial charge on any atom is 0.275 e. The van der Waals surface area contributed by atoms with Gasteiger partial charge in [0.1, 0.15) is 0 Å². The number of nitro benzene ring substituents is 1. The highest BCUT2D eigenvalue weighted by atomic mass is 35.5. The quantitative estimate of drug-likeness (QED) is 0.461. The van der Waals surface area contributed by atoms with Crippen LogP contribution in [0.3, 0.4) is 0 Å². The van der Waals surface area contributed by atoms with Gasteiger partial charge in [-0.15, -0.1) is 11.6 Å². The Balaban J connectivity index is 3.11. The molecule has 1 aromatic carbocycles. The van der Waals surface area contributed by atoms with E-state index in [-0.39, 0.29) is 17.1 Å². The van der Waals surface area contributed by atoms with Crippen molar-refractivity contribution in [3.63, 3.8) is 0 Å². The van der Waals surface area contributed by atoms with E-state index in [1.165, 1.54) is 12.1 Å². The second-order valence-electron chi connectivity index (χ2n) is 2.49. The van der Waals surface area contributed by atoms with Crippen LogP contribution in [0.25, 0.3) is 0 Å². The Kier molecular flexibility index (Phi) is 3.22. The van der Waals surface area contributed by atoms with Crippen molar-refractivity contribution < 1.29 is 10.0 Å². The zero-order valence-corrected chi connectivity index (χ0v) is 7.44. The minimum absolute atomic E-state index is 0.0507. The molecule has 0 aliphatic heterocycles. The van der Waals surface area contributed by atoms with Crippen molar-refractivity contribution in [2.24, 2.45) is 0 Å². The molecule has 1 aromatic rings. The summed E-state index contributed by atoms with van der Waals surface area (Å²) in [5, 5.41) is 19.8. The summed E-state index contributed by atoms with van der Waals surface area (Å²) in [6, 6.07) is 6.00. The van der Waals surface area contributed by atoms with Gasteiger partial charge in [0.25, 0.3) is 5.69 Å². The number of para-hydroxylation sites is 1. The Hall–Kier alpha value is -1.13. The summed E-state index contributed by atoms with van der Waals surface area (Å²) in [6.45, 7) is 0. The van der Waals surface area contributed by atoms with Crippen LogP contribution in [0.1, 0.15) is 11.7 Å². The number of benzene rings is 1. The molecule has 4 nitrogen and oxygen atoms in total. The van der Waals surface area contributed by atoms with Crippen molar-refractivity contribution in [2.45, 2.75) is 6.10 Å². The molecule has 13 heavy (non-hydrogen) atoms. The summed E-state index contributed by atoms with van der Waals surface area (Å²) in [6.07, 6.45) is -0.983. The first-order valence-electron chi connectivity index (χ1n) is 3.64. The highest BCUT2D eigenvalue weighted by Gasteiger charge is 2.18. The van der Waals surface area contributed by atoms with Gasteiger partial charge in [-0.2, -0.15) is 0 Å². The van der Waals surface area contributed by atoms with Crippen LogP contribution in [0.2, 0.25) is 0 Å². The lowest BCUT2D eigenvalue weighted by atomic mass is 10.1. The molecule has 0 heterocycles. The summed E-state index contributed by atoms with van der Waals surface area (Å²) >= 11 is 5.39. The van der Waals surface area contributed by atoms with Crippen LogP contribution in [-0.2, 0) is 0 Å². The van der Waals surface area contributed by atoms with Gasteiger partial charge < -0.3 is 5.11 Å². The van der Waals surface area contributed by atoms with Gasteiger partial charge in [-0.25, -0.2) is 0 Å². The number of alkyl halides is 1. The number of nitro groups is 1. The predicted octanol–water partition coefficient (Wildman–Crippen LogP) is 1.87. The summed E-state index contributed by atoms with van der Waals surface area (Å²) in [7, 11) is 0. The second-order valence-corrected chi connectivity index (χ2v) is 2.79. The first-order valence-corrected chi connectivity index (χ1v) is 4.17. The molecule has 1 atom stereocenters. The second kappa shape index (κ2) is 4.20. The Morgan fingerprint density at radius 3 is 2.69 bits per heavy atom. The monoisotopic (exact) mass is 201 g/mol. The SMILES string of the molecule is O=[N+]([O-])c1ccccc1C(O)CCl. The van der Waals surface area contributed by atoms with E-state index in [2.05, 4.69) is 0 Å². The molecular formula is C8H8ClNO3. The van der Waals surface area contributed by atoms with Crippen LogP contribution in [0, 0.1) is 10.1 Å². The number of rotatable bonds is 3.